The molecular formula is C19H29N. The highest BCUT2D eigenvalue weighted by atomic mass is 14.9. The summed E-state index contributed by atoms with van der Waals surface area (Å²) in [5.41, 5.74) is 4.77. The number of fused-ring (bicyclic) bond motifs is 1. The van der Waals surface area contributed by atoms with Crippen molar-refractivity contribution in [2.45, 2.75) is 64.8 Å². The maximum absolute atomic E-state index is 3.78. The summed E-state index contributed by atoms with van der Waals surface area (Å²) in [4.78, 5) is 0. The molecule has 3 unspecified atom stereocenters. The van der Waals surface area contributed by atoms with Crippen molar-refractivity contribution in [3.63, 3.8) is 0 Å². The van der Waals surface area contributed by atoms with Gasteiger partial charge in [-0.1, -0.05) is 44.9 Å². The molecule has 3 atom stereocenters. The zero-order valence-corrected chi connectivity index (χ0v) is 13.1. The van der Waals surface area contributed by atoms with Crippen LogP contribution in [0.2, 0.25) is 0 Å². The fourth-order valence-corrected chi connectivity index (χ4v) is 4.35. The van der Waals surface area contributed by atoms with Gasteiger partial charge in [0.1, 0.15) is 0 Å². The highest BCUT2D eigenvalue weighted by molar-refractivity contribution is 5.36. The van der Waals surface area contributed by atoms with E-state index >= 15 is 0 Å². The van der Waals surface area contributed by atoms with Crippen molar-refractivity contribution in [2.75, 3.05) is 6.54 Å². The van der Waals surface area contributed by atoms with Crippen LogP contribution in [-0.2, 0) is 12.8 Å². The predicted octanol–water partition coefficient (Wildman–Crippen LogP) is 4.65. The number of nitrogens with one attached hydrogen (secondary N) is 1. The lowest BCUT2D eigenvalue weighted by Gasteiger charge is -2.34. The van der Waals surface area contributed by atoms with E-state index in [9.17, 15) is 0 Å². The van der Waals surface area contributed by atoms with E-state index in [-0.39, 0.29) is 0 Å². The van der Waals surface area contributed by atoms with Gasteiger partial charge in [-0.3, -0.25) is 0 Å². The molecule has 0 saturated heterocycles. The Morgan fingerprint density at radius 3 is 2.80 bits per heavy atom. The van der Waals surface area contributed by atoms with Crippen LogP contribution in [0.5, 0.6) is 0 Å². The molecule has 1 fully saturated rings. The van der Waals surface area contributed by atoms with Gasteiger partial charge in [0.25, 0.3) is 0 Å². The monoisotopic (exact) mass is 271 g/mol. The van der Waals surface area contributed by atoms with Crippen LogP contribution in [0.1, 0.15) is 68.7 Å². The van der Waals surface area contributed by atoms with Crippen molar-refractivity contribution in [1.29, 1.82) is 0 Å². The average Bonchev–Trinajstić information content (AvgIpc) is 2.92. The molecule has 1 nitrogen and oxygen atoms in total. The lowest BCUT2D eigenvalue weighted by Crippen LogP contribution is -2.31. The number of aryl methyl sites for hydroxylation is 2. The first-order valence-corrected chi connectivity index (χ1v) is 8.63. The van der Waals surface area contributed by atoms with Gasteiger partial charge in [0.05, 0.1) is 0 Å². The molecule has 0 bridgehead atoms. The average molecular weight is 271 g/mol. The van der Waals surface area contributed by atoms with E-state index in [1.807, 2.05) is 0 Å². The Morgan fingerprint density at radius 1 is 1.15 bits per heavy atom. The zero-order valence-electron chi connectivity index (χ0n) is 13.1. The third-order valence-electron chi connectivity index (χ3n) is 5.35. The minimum atomic E-state index is 0.577. The quantitative estimate of drug-likeness (QED) is 0.840. The molecule has 110 valence electrons. The first kappa shape index (κ1) is 14.1. The Balaban J connectivity index is 1.82. The smallest absolute Gasteiger partial charge is 0.0348 e. The molecular weight excluding hydrogens is 242 g/mol. The molecule has 2 aliphatic rings. The molecule has 1 aromatic carbocycles. The first-order valence-electron chi connectivity index (χ1n) is 8.63. The molecule has 1 saturated carbocycles. The van der Waals surface area contributed by atoms with Crippen molar-refractivity contribution >= 4 is 0 Å². The third kappa shape index (κ3) is 2.93. The normalized spacial score (nSPS) is 27.3. The summed E-state index contributed by atoms with van der Waals surface area (Å²) >= 11 is 0. The first-order chi connectivity index (χ1) is 9.78. The lowest BCUT2D eigenvalue weighted by atomic mass is 9.76. The van der Waals surface area contributed by atoms with Gasteiger partial charge in [-0.2, -0.15) is 0 Å². The maximum atomic E-state index is 3.78. The summed E-state index contributed by atoms with van der Waals surface area (Å²) in [6, 6.07) is 7.88. The van der Waals surface area contributed by atoms with Crippen LogP contribution in [0, 0.1) is 11.8 Å². The van der Waals surface area contributed by atoms with Crippen LogP contribution in [0.15, 0.2) is 18.2 Å². The second-order valence-corrected chi connectivity index (χ2v) is 6.95. The minimum absolute atomic E-state index is 0.577. The van der Waals surface area contributed by atoms with Crippen molar-refractivity contribution in [2.24, 2.45) is 11.8 Å². The van der Waals surface area contributed by atoms with E-state index in [4.69, 9.17) is 0 Å². The van der Waals surface area contributed by atoms with Crippen molar-refractivity contribution in [1.82, 2.24) is 5.32 Å². The fraction of sp³-hybridized carbons (Fsp3) is 0.684. The molecule has 0 radical (unpaired) electrons. The lowest BCUT2D eigenvalue weighted by molar-refractivity contribution is 0.225. The summed E-state index contributed by atoms with van der Waals surface area (Å²) < 4.78 is 0. The summed E-state index contributed by atoms with van der Waals surface area (Å²) in [6.45, 7) is 5.75. The molecule has 20 heavy (non-hydrogen) atoms. The van der Waals surface area contributed by atoms with Gasteiger partial charge in [-0.05, 0) is 67.2 Å². The summed E-state index contributed by atoms with van der Waals surface area (Å²) in [5.74, 6) is 1.74. The molecule has 1 N–H and O–H groups in total. The fourth-order valence-electron chi connectivity index (χ4n) is 4.35. The number of benzene rings is 1. The van der Waals surface area contributed by atoms with Crippen molar-refractivity contribution < 1.29 is 0 Å². The topological polar surface area (TPSA) is 12.0 Å². The number of hydrogen-bond acceptors (Lipinski definition) is 1. The number of hydrogen-bond donors (Lipinski definition) is 1. The summed E-state index contributed by atoms with van der Waals surface area (Å²) in [7, 11) is 0. The van der Waals surface area contributed by atoms with Gasteiger partial charge in [-0.15, -0.1) is 0 Å². The maximum Gasteiger partial charge on any atom is 0.0348 e. The van der Waals surface area contributed by atoms with Crippen LogP contribution in [0.4, 0.5) is 0 Å². The van der Waals surface area contributed by atoms with Crippen LogP contribution in [-0.4, -0.2) is 6.54 Å². The molecule has 1 aromatic rings. The Morgan fingerprint density at radius 2 is 2.00 bits per heavy atom. The summed E-state index contributed by atoms with van der Waals surface area (Å²) in [5, 5.41) is 3.78. The molecule has 3 rings (SSSR count). The van der Waals surface area contributed by atoms with E-state index in [1.54, 1.807) is 16.7 Å². The van der Waals surface area contributed by atoms with E-state index in [1.165, 1.54) is 44.9 Å². The molecule has 0 spiro atoms. The van der Waals surface area contributed by atoms with Crippen LogP contribution >= 0.6 is 0 Å². The van der Waals surface area contributed by atoms with E-state index < -0.39 is 0 Å². The zero-order chi connectivity index (χ0) is 13.9. The molecule has 2 aliphatic carbocycles. The molecule has 0 amide bonds. The third-order valence-corrected chi connectivity index (χ3v) is 5.35. The largest absolute Gasteiger partial charge is 0.310 e. The second kappa shape index (κ2) is 6.30. The molecule has 0 heterocycles. The molecule has 1 heteroatoms. The summed E-state index contributed by atoms with van der Waals surface area (Å²) in [6.07, 6.45) is 9.59. The van der Waals surface area contributed by atoms with Gasteiger partial charge in [0, 0.05) is 6.04 Å². The highest BCUT2D eigenvalue weighted by Gasteiger charge is 2.27. The van der Waals surface area contributed by atoms with Crippen LogP contribution in [0.3, 0.4) is 0 Å². The minimum Gasteiger partial charge on any atom is -0.310 e. The Labute approximate surface area is 124 Å². The standard InChI is InChI=1S/C19H29N/c1-3-20-19(17-9-4-6-14(2)12-17)18-11-10-15-7-5-8-16(15)13-18/h10-11,13-14,17,19-20H,3-9,12H2,1-2H3. The predicted molar refractivity (Wildman–Crippen MR) is 86.0 cm³/mol. The van der Waals surface area contributed by atoms with Crippen molar-refractivity contribution in [3.8, 4) is 0 Å². The van der Waals surface area contributed by atoms with Gasteiger partial charge in [0.2, 0.25) is 0 Å². The van der Waals surface area contributed by atoms with Gasteiger partial charge >= 0.3 is 0 Å². The second-order valence-electron chi connectivity index (χ2n) is 6.95. The van der Waals surface area contributed by atoms with E-state index in [0.717, 1.165) is 18.4 Å². The molecule has 0 aliphatic heterocycles. The van der Waals surface area contributed by atoms with Gasteiger partial charge in [0.15, 0.2) is 0 Å². The number of rotatable bonds is 4. The van der Waals surface area contributed by atoms with Crippen LogP contribution < -0.4 is 5.32 Å². The van der Waals surface area contributed by atoms with Crippen LogP contribution in [0.25, 0.3) is 0 Å². The Kier molecular flexibility index (Phi) is 4.45. The van der Waals surface area contributed by atoms with E-state index in [2.05, 4.69) is 37.4 Å². The highest BCUT2D eigenvalue weighted by Crippen LogP contribution is 2.38. The van der Waals surface area contributed by atoms with Crippen molar-refractivity contribution in [3.05, 3.63) is 34.9 Å². The molecule has 0 aromatic heterocycles. The Hall–Kier alpha value is -0.820. The van der Waals surface area contributed by atoms with Gasteiger partial charge < -0.3 is 5.32 Å². The van der Waals surface area contributed by atoms with Gasteiger partial charge in [-0.25, -0.2) is 0 Å². The SMILES string of the molecule is CCNC(c1ccc2c(c1)CCC2)C1CCCC(C)C1. The van der Waals surface area contributed by atoms with E-state index in [0.29, 0.717) is 6.04 Å². The Bertz CT molecular complexity index is 451.